The molecule has 6 rings (SSSR count). The van der Waals surface area contributed by atoms with Crippen molar-refractivity contribution >= 4 is 28.0 Å². The van der Waals surface area contributed by atoms with Gasteiger partial charge in [-0.1, -0.05) is 61.0 Å². The van der Waals surface area contributed by atoms with Gasteiger partial charge in [0.1, 0.15) is 12.4 Å². The molecule has 7 nitrogen and oxygen atoms in total. The molecule has 42 heavy (non-hydrogen) atoms. The van der Waals surface area contributed by atoms with Crippen molar-refractivity contribution in [1.82, 2.24) is 20.4 Å². The third kappa shape index (κ3) is 6.64. The number of allylic oxidation sites excluding steroid dienone is 1. The molecule has 0 atom stereocenters. The van der Waals surface area contributed by atoms with Gasteiger partial charge in [-0.05, 0) is 70.9 Å². The van der Waals surface area contributed by atoms with Crippen molar-refractivity contribution in [2.45, 2.75) is 19.3 Å². The zero-order chi connectivity index (χ0) is 28.6. The number of carbonyl (C=O) groups is 1. The van der Waals surface area contributed by atoms with E-state index in [-0.39, 0.29) is 5.91 Å². The fraction of sp³-hybridized carbons (Fsp3) is 0.314. The summed E-state index contributed by atoms with van der Waals surface area (Å²) in [5.41, 5.74) is 7.41. The number of nitrogens with zero attached hydrogens (tertiary/aromatic N) is 2. The van der Waals surface area contributed by atoms with Crippen LogP contribution >= 0.6 is 0 Å². The Morgan fingerprint density at radius 2 is 1.79 bits per heavy atom. The average molecular weight is 563 g/mol. The number of carbonyl (C=O) groups excluding carboxylic acids is 1. The van der Waals surface area contributed by atoms with Crippen molar-refractivity contribution in [3.63, 3.8) is 0 Å². The number of aromatic amines is 1. The molecule has 0 radical (unpaired) electrons. The van der Waals surface area contributed by atoms with Crippen LogP contribution in [0.4, 0.5) is 0 Å². The summed E-state index contributed by atoms with van der Waals surface area (Å²) in [6.45, 7) is 4.40. The van der Waals surface area contributed by atoms with Gasteiger partial charge in [-0.15, -0.1) is 0 Å². The van der Waals surface area contributed by atoms with Gasteiger partial charge >= 0.3 is 0 Å². The van der Waals surface area contributed by atoms with Gasteiger partial charge in [-0.3, -0.25) is 9.89 Å². The maximum absolute atomic E-state index is 12.2. The van der Waals surface area contributed by atoms with E-state index in [1.54, 1.807) is 6.08 Å². The van der Waals surface area contributed by atoms with E-state index < -0.39 is 0 Å². The summed E-state index contributed by atoms with van der Waals surface area (Å²) in [7, 11) is 0. The Kier molecular flexibility index (Phi) is 9.08. The molecule has 2 aliphatic rings. The molecule has 1 saturated carbocycles. The molecule has 1 aromatic heterocycles. The number of ether oxygens (including phenoxy) is 2. The van der Waals surface area contributed by atoms with Crippen LogP contribution < -0.4 is 10.1 Å². The number of fused-ring (bicyclic) bond motifs is 1. The number of hydrogen-bond acceptors (Lipinski definition) is 5. The molecular formula is C35H38N4O3. The molecule has 4 aromatic rings. The predicted octanol–water partition coefficient (Wildman–Crippen LogP) is 5.71. The first-order chi connectivity index (χ1) is 20.8. The molecule has 7 heteroatoms. The summed E-state index contributed by atoms with van der Waals surface area (Å²) >= 11 is 0. The van der Waals surface area contributed by atoms with Crippen molar-refractivity contribution in [3.05, 3.63) is 108 Å². The van der Waals surface area contributed by atoms with Crippen LogP contribution in [0.5, 0.6) is 5.75 Å². The van der Waals surface area contributed by atoms with E-state index in [1.807, 2.05) is 17.2 Å². The number of benzene rings is 3. The fourth-order valence-corrected chi connectivity index (χ4v) is 5.67. The van der Waals surface area contributed by atoms with Gasteiger partial charge < -0.3 is 19.7 Å². The first-order valence-electron chi connectivity index (χ1n) is 15.0. The lowest BCUT2D eigenvalue weighted by molar-refractivity contribution is -0.129. The summed E-state index contributed by atoms with van der Waals surface area (Å²) in [5, 5.41) is 11.7. The largest absolute Gasteiger partial charge is 0.492 e. The average Bonchev–Trinajstić information content (AvgIpc) is 3.49. The maximum Gasteiger partial charge on any atom is 0.246 e. The minimum Gasteiger partial charge on any atom is -0.492 e. The number of nitrogens with one attached hydrogen (secondary N) is 2. The van der Waals surface area contributed by atoms with E-state index in [9.17, 15) is 4.79 Å². The quantitative estimate of drug-likeness (QED) is 0.139. The van der Waals surface area contributed by atoms with E-state index in [1.165, 1.54) is 47.1 Å². The molecule has 1 amide bonds. The minimum atomic E-state index is 0.0438. The third-order valence-electron chi connectivity index (χ3n) is 8.13. The smallest absolute Gasteiger partial charge is 0.246 e. The Bertz CT molecular complexity index is 1530. The van der Waals surface area contributed by atoms with Crippen LogP contribution in [0.3, 0.4) is 0 Å². The summed E-state index contributed by atoms with van der Waals surface area (Å²) in [6.07, 6.45) is 9.11. The van der Waals surface area contributed by atoms with Gasteiger partial charge in [-0.25, -0.2) is 0 Å². The Balaban J connectivity index is 1.14. The Hall–Kier alpha value is -4.20. The molecule has 2 fully saturated rings. The van der Waals surface area contributed by atoms with Gasteiger partial charge in [0, 0.05) is 37.6 Å². The number of morpholine rings is 1. The lowest BCUT2D eigenvalue weighted by Crippen LogP contribution is -2.39. The highest BCUT2D eigenvalue weighted by molar-refractivity contribution is 6.01. The monoisotopic (exact) mass is 562 g/mol. The topological polar surface area (TPSA) is 79.5 Å². The molecule has 0 unspecified atom stereocenters. The summed E-state index contributed by atoms with van der Waals surface area (Å²) in [4.78, 5) is 14.0. The Morgan fingerprint density at radius 3 is 2.55 bits per heavy atom. The van der Waals surface area contributed by atoms with Crippen molar-refractivity contribution in [2.24, 2.45) is 5.92 Å². The van der Waals surface area contributed by atoms with Crippen molar-refractivity contribution in [2.75, 3.05) is 46.0 Å². The molecule has 2 heterocycles. The summed E-state index contributed by atoms with van der Waals surface area (Å²) < 4.78 is 11.3. The van der Waals surface area contributed by atoms with Crippen LogP contribution in [0.25, 0.3) is 22.0 Å². The highest BCUT2D eigenvalue weighted by Crippen LogP contribution is 2.45. The van der Waals surface area contributed by atoms with Crippen molar-refractivity contribution < 1.29 is 14.3 Å². The second-order valence-corrected chi connectivity index (χ2v) is 10.9. The van der Waals surface area contributed by atoms with E-state index >= 15 is 0 Å². The number of hydrogen-bond donors (Lipinski definition) is 2. The normalized spacial score (nSPS) is 16.4. The molecule has 216 valence electrons. The molecule has 3 aromatic carbocycles. The van der Waals surface area contributed by atoms with Gasteiger partial charge in [0.2, 0.25) is 5.91 Å². The molecule has 1 aliphatic carbocycles. The first kappa shape index (κ1) is 27.9. The first-order valence-corrected chi connectivity index (χ1v) is 15.0. The highest BCUT2D eigenvalue weighted by atomic mass is 16.5. The third-order valence-corrected chi connectivity index (χ3v) is 8.13. The van der Waals surface area contributed by atoms with Crippen molar-refractivity contribution in [1.29, 1.82) is 0 Å². The van der Waals surface area contributed by atoms with E-state index in [0.717, 1.165) is 16.7 Å². The van der Waals surface area contributed by atoms with Gasteiger partial charge in [0.25, 0.3) is 0 Å². The number of H-pyrrole nitrogens is 1. The van der Waals surface area contributed by atoms with Crippen LogP contribution in [-0.2, 0) is 9.53 Å². The lowest BCUT2D eigenvalue weighted by atomic mass is 9.73. The molecule has 0 spiro atoms. The second kappa shape index (κ2) is 13.6. The standard InChI is InChI=1S/C35H38N4O3/c40-33(39-19-22-41-23-20-39)10-5-17-36-18-21-42-31-14-11-28(12-15-31)35(29-13-16-32-30(24-29)25-37-38-32)34(27-8-4-9-27)26-6-2-1-3-7-26/h1-3,5-7,10-16,24-25,27,36H,4,8-9,17-23H2,(H,37,38). The van der Waals surface area contributed by atoms with Crippen LogP contribution in [0.15, 0.2) is 91.1 Å². The molecule has 0 bridgehead atoms. The lowest BCUT2D eigenvalue weighted by Gasteiger charge is -2.31. The Morgan fingerprint density at radius 1 is 1.00 bits per heavy atom. The summed E-state index contributed by atoms with van der Waals surface area (Å²) in [6, 6.07) is 25.9. The molecular weight excluding hydrogens is 524 g/mol. The minimum absolute atomic E-state index is 0.0438. The number of rotatable bonds is 11. The number of aromatic nitrogens is 2. The van der Waals surface area contributed by atoms with Crippen LogP contribution in [0.1, 0.15) is 36.0 Å². The maximum atomic E-state index is 12.2. The SMILES string of the molecule is O=C(C=CCNCCOc1ccc(C(=C(c2ccccc2)C2CCC2)c2ccc3[nH]ncc3c2)cc1)N1CCOCC1. The van der Waals surface area contributed by atoms with Crippen LogP contribution in [0.2, 0.25) is 0 Å². The zero-order valence-electron chi connectivity index (χ0n) is 23.9. The molecule has 1 saturated heterocycles. The van der Waals surface area contributed by atoms with E-state index in [4.69, 9.17) is 9.47 Å². The Labute approximate surface area is 247 Å². The highest BCUT2D eigenvalue weighted by Gasteiger charge is 2.27. The van der Waals surface area contributed by atoms with Crippen LogP contribution in [-0.4, -0.2) is 67.0 Å². The van der Waals surface area contributed by atoms with E-state index in [0.29, 0.717) is 51.9 Å². The van der Waals surface area contributed by atoms with Gasteiger partial charge in [0.15, 0.2) is 0 Å². The van der Waals surface area contributed by atoms with Gasteiger partial charge in [0.05, 0.1) is 24.9 Å². The molecule has 1 aliphatic heterocycles. The predicted molar refractivity (Wildman–Crippen MR) is 167 cm³/mol. The number of amides is 1. The van der Waals surface area contributed by atoms with Gasteiger partial charge in [-0.2, -0.15) is 5.10 Å². The van der Waals surface area contributed by atoms with Crippen LogP contribution in [0, 0.1) is 5.92 Å². The second-order valence-electron chi connectivity index (χ2n) is 10.9. The molecule has 2 N–H and O–H groups in total. The fourth-order valence-electron chi connectivity index (χ4n) is 5.67. The zero-order valence-corrected chi connectivity index (χ0v) is 23.9. The van der Waals surface area contributed by atoms with Crippen molar-refractivity contribution in [3.8, 4) is 5.75 Å². The summed E-state index contributed by atoms with van der Waals surface area (Å²) in [5.74, 6) is 1.43. The van der Waals surface area contributed by atoms with E-state index in [2.05, 4.69) is 88.3 Å².